The minimum Gasteiger partial charge on any atom is -0.396 e. The van der Waals surface area contributed by atoms with E-state index in [9.17, 15) is 0 Å². The van der Waals surface area contributed by atoms with Gasteiger partial charge in [-0.3, -0.25) is 0 Å². The predicted octanol–water partition coefficient (Wildman–Crippen LogP) is 1.29. The standard InChI is InChI=1S/C9H16N2O/c1-2-3-9(7-12)6-11-5-4-10-8-11/h4-5,8-9,12H,2-3,6-7H2,1H3/t9-/m0/s1. The number of aromatic nitrogens is 2. The molecule has 0 aliphatic heterocycles. The summed E-state index contributed by atoms with van der Waals surface area (Å²) in [6, 6.07) is 0. The van der Waals surface area contributed by atoms with Crippen molar-refractivity contribution < 1.29 is 5.11 Å². The van der Waals surface area contributed by atoms with E-state index in [0.29, 0.717) is 5.92 Å². The van der Waals surface area contributed by atoms with Crippen molar-refractivity contribution in [2.45, 2.75) is 26.3 Å². The number of hydrogen-bond acceptors (Lipinski definition) is 2. The van der Waals surface area contributed by atoms with Crippen LogP contribution in [0.2, 0.25) is 0 Å². The maximum absolute atomic E-state index is 9.02. The smallest absolute Gasteiger partial charge is 0.0946 e. The molecule has 1 heterocycles. The van der Waals surface area contributed by atoms with Crippen LogP contribution in [0.25, 0.3) is 0 Å². The highest BCUT2D eigenvalue weighted by atomic mass is 16.3. The van der Waals surface area contributed by atoms with E-state index in [0.717, 1.165) is 19.4 Å². The Bertz CT molecular complexity index is 196. The molecule has 3 nitrogen and oxygen atoms in total. The number of aliphatic hydroxyl groups is 1. The second-order valence-electron chi connectivity index (χ2n) is 3.10. The zero-order valence-corrected chi connectivity index (χ0v) is 7.48. The number of nitrogens with zero attached hydrogens (tertiary/aromatic N) is 2. The molecule has 68 valence electrons. The highest BCUT2D eigenvalue weighted by Gasteiger charge is 2.05. The van der Waals surface area contributed by atoms with Gasteiger partial charge in [-0.15, -0.1) is 0 Å². The molecule has 0 aliphatic carbocycles. The fraction of sp³-hybridized carbons (Fsp3) is 0.667. The second-order valence-corrected chi connectivity index (χ2v) is 3.10. The quantitative estimate of drug-likeness (QED) is 0.719. The Labute approximate surface area is 73.1 Å². The normalized spacial score (nSPS) is 13.2. The van der Waals surface area contributed by atoms with Gasteiger partial charge >= 0.3 is 0 Å². The Morgan fingerprint density at radius 1 is 1.58 bits per heavy atom. The summed E-state index contributed by atoms with van der Waals surface area (Å²) in [5.41, 5.74) is 0. The maximum atomic E-state index is 9.02. The van der Waals surface area contributed by atoms with Crippen molar-refractivity contribution in [1.82, 2.24) is 9.55 Å². The fourth-order valence-corrected chi connectivity index (χ4v) is 1.34. The van der Waals surface area contributed by atoms with Crippen LogP contribution in [-0.4, -0.2) is 21.3 Å². The third-order valence-corrected chi connectivity index (χ3v) is 1.98. The van der Waals surface area contributed by atoms with E-state index in [1.54, 1.807) is 12.5 Å². The fourth-order valence-electron chi connectivity index (χ4n) is 1.34. The minimum atomic E-state index is 0.270. The lowest BCUT2D eigenvalue weighted by molar-refractivity contribution is 0.202. The van der Waals surface area contributed by atoms with Gasteiger partial charge in [-0.1, -0.05) is 13.3 Å². The molecule has 0 fully saturated rings. The van der Waals surface area contributed by atoms with Crippen LogP contribution < -0.4 is 0 Å². The van der Waals surface area contributed by atoms with Gasteiger partial charge in [0.25, 0.3) is 0 Å². The number of aliphatic hydroxyl groups excluding tert-OH is 1. The molecule has 0 spiro atoms. The molecule has 0 saturated heterocycles. The van der Waals surface area contributed by atoms with Crippen molar-refractivity contribution in [1.29, 1.82) is 0 Å². The van der Waals surface area contributed by atoms with Crippen LogP contribution >= 0.6 is 0 Å². The third kappa shape index (κ3) is 2.66. The van der Waals surface area contributed by atoms with Crippen LogP contribution in [0.3, 0.4) is 0 Å². The monoisotopic (exact) mass is 168 g/mol. The molecule has 3 heteroatoms. The maximum Gasteiger partial charge on any atom is 0.0946 e. The van der Waals surface area contributed by atoms with Crippen LogP contribution in [0.5, 0.6) is 0 Å². The van der Waals surface area contributed by atoms with E-state index in [1.807, 2.05) is 10.8 Å². The van der Waals surface area contributed by atoms with Gasteiger partial charge in [-0.2, -0.15) is 0 Å². The molecule has 0 aliphatic rings. The minimum absolute atomic E-state index is 0.270. The van der Waals surface area contributed by atoms with Gasteiger partial charge in [0.05, 0.1) is 6.33 Å². The number of imidazole rings is 1. The number of rotatable bonds is 5. The van der Waals surface area contributed by atoms with Gasteiger partial charge in [0, 0.05) is 25.5 Å². The molecule has 1 aromatic heterocycles. The molecule has 1 atom stereocenters. The largest absolute Gasteiger partial charge is 0.396 e. The Morgan fingerprint density at radius 2 is 2.42 bits per heavy atom. The topological polar surface area (TPSA) is 38.0 Å². The second kappa shape index (κ2) is 4.93. The van der Waals surface area contributed by atoms with Crippen molar-refractivity contribution in [3.05, 3.63) is 18.7 Å². The lowest BCUT2D eigenvalue weighted by Gasteiger charge is -2.12. The molecule has 0 unspecified atom stereocenters. The van der Waals surface area contributed by atoms with E-state index >= 15 is 0 Å². The summed E-state index contributed by atoms with van der Waals surface area (Å²) < 4.78 is 2.01. The number of hydrogen-bond donors (Lipinski definition) is 1. The summed E-state index contributed by atoms with van der Waals surface area (Å²) in [5.74, 6) is 0.379. The van der Waals surface area contributed by atoms with Crippen LogP contribution in [0.1, 0.15) is 19.8 Å². The Balaban J connectivity index is 2.37. The Hall–Kier alpha value is -0.830. The zero-order chi connectivity index (χ0) is 8.81. The lowest BCUT2D eigenvalue weighted by atomic mass is 10.1. The Morgan fingerprint density at radius 3 is 2.92 bits per heavy atom. The molecule has 1 aromatic rings. The molecular weight excluding hydrogens is 152 g/mol. The van der Waals surface area contributed by atoms with Gasteiger partial charge in [0.2, 0.25) is 0 Å². The third-order valence-electron chi connectivity index (χ3n) is 1.98. The Kier molecular flexibility index (Phi) is 3.80. The van der Waals surface area contributed by atoms with E-state index in [2.05, 4.69) is 11.9 Å². The SMILES string of the molecule is CCC[C@H](CO)Cn1ccnc1. The zero-order valence-electron chi connectivity index (χ0n) is 7.48. The van der Waals surface area contributed by atoms with E-state index in [4.69, 9.17) is 5.11 Å². The molecule has 1 rings (SSSR count). The molecule has 1 N–H and O–H groups in total. The summed E-state index contributed by atoms with van der Waals surface area (Å²) in [6.45, 7) is 3.28. The van der Waals surface area contributed by atoms with Gasteiger partial charge in [-0.05, 0) is 12.3 Å². The van der Waals surface area contributed by atoms with Crippen molar-refractivity contribution in [2.24, 2.45) is 5.92 Å². The van der Waals surface area contributed by atoms with Gasteiger partial charge < -0.3 is 9.67 Å². The first-order valence-electron chi connectivity index (χ1n) is 4.43. The molecule has 0 radical (unpaired) electrons. The molecular formula is C9H16N2O. The first kappa shape index (κ1) is 9.26. The van der Waals surface area contributed by atoms with E-state index in [-0.39, 0.29) is 6.61 Å². The highest BCUT2D eigenvalue weighted by molar-refractivity contribution is 4.75. The molecule has 0 bridgehead atoms. The summed E-state index contributed by atoms with van der Waals surface area (Å²) in [7, 11) is 0. The van der Waals surface area contributed by atoms with Crippen LogP contribution in [0.15, 0.2) is 18.7 Å². The first-order valence-corrected chi connectivity index (χ1v) is 4.43. The average molecular weight is 168 g/mol. The van der Waals surface area contributed by atoms with E-state index in [1.165, 1.54) is 0 Å². The summed E-state index contributed by atoms with van der Waals surface area (Å²) >= 11 is 0. The summed E-state index contributed by atoms with van der Waals surface area (Å²) in [4.78, 5) is 3.95. The van der Waals surface area contributed by atoms with Crippen molar-refractivity contribution >= 4 is 0 Å². The van der Waals surface area contributed by atoms with Crippen LogP contribution in [-0.2, 0) is 6.54 Å². The summed E-state index contributed by atoms with van der Waals surface area (Å²) in [6.07, 6.45) is 7.69. The molecule has 0 aromatic carbocycles. The molecule has 0 amide bonds. The molecule has 12 heavy (non-hydrogen) atoms. The first-order chi connectivity index (χ1) is 5.86. The van der Waals surface area contributed by atoms with Gasteiger partial charge in [-0.25, -0.2) is 4.98 Å². The highest BCUT2D eigenvalue weighted by Crippen LogP contribution is 2.07. The van der Waals surface area contributed by atoms with Crippen molar-refractivity contribution in [3.8, 4) is 0 Å². The van der Waals surface area contributed by atoms with E-state index < -0.39 is 0 Å². The van der Waals surface area contributed by atoms with Crippen LogP contribution in [0, 0.1) is 5.92 Å². The summed E-state index contributed by atoms with van der Waals surface area (Å²) in [5, 5.41) is 9.02. The van der Waals surface area contributed by atoms with Crippen LogP contribution in [0.4, 0.5) is 0 Å². The molecule has 0 saturated carbocycles. The predicted molar refractivity (Wildman–Crippen MR) is 47.7 cm³/mol. The average Bonchev–Trinajstić information content (AvgIpc) is 2.56. The van der Waals surface area contributed by atoms with Crippen molar-refractivity contribution in [2.75, 3.05) is 6.61 Å². The van der Waals surface area contributed by atoms with Crippen molar-refractivity contribution in [3.63, 3.8) is 0 Å². The van der Waals surface area contributed by atoms with Gasteiger partial charge in [0.15, 0.2) is 0 Å². The lowest BCUT2D eigenvalue weighted by Crippen LogP contribution is -2.13. The van der Waals surface area contributed by atoms with Gasteiger partial charge in [0.1, 0.15) is 0 Å².